The van der Waals surface area contributed by atoms with Crippen molar-refractivity contribution in [3.63, 3.8) is 0 Å². The number of hydrogen-bond acceptors (Lipinski definition) is 9. The van der Waals surface area contributed by atoms with E-state index in [1.54, 1.807) is 0 Å². The van der Waals surface area contributed by atoms with E-state index in [0.717, 1.165) is 0 Å². The van der Waals surface area contributed by atoms with Gasteiger partial charge in [0.05, 0.1) is 0 Å². The molecule has 0 aliphatic rings. The maximum Gasteiger partial charge on any atom is 1.00 e. The van der Waals surface area contributed by atoms with Crippen LogP contribution in [0.25, 0.3) is 0 Å². The first kappa shape index (κ1) is 24.6. The Hall–Kier alpha value is 2.37. The van der Waals surface area contributed by atoms with Gasteiger partial charge in [0, 0.05) is 0 Å². The van der Waals surface area contributed by atoms with Gasteiger partial charge in [-0.05, 0) is 0 Å². The fraction of sp³-hybridized carbons (Fsp3) is 0. The Morgan fingerprint density at radius 3 is 1.46 bits per heavy atom. The molecule has 9 nitrogen and oxygen atoms in total. The summed E-state index contributed by atoms with van der Waals surface area (Å²) in [4.78, 5) is 2.64. The Bertz CT molecular complexity index is 170. The van der Waals surface area contributed by atoms with E-state index in [2.05, 4.69) is 9.14 Å². The van der Waals surface area contributed by atoms with Gasteiger partial charge in [-0.1, -0.05) is 0 Å². The van der Waals surface area contributed by atoms with Gasteiger partial charge in [0.2, 0.25) is 10.4 Å². The van der Waals surface area contributed by atoms with Crippen LogP contribution in [0, 0.1) is 0 Å². The zero-order chi connectivity index (χ0) is 9.49. The molecule has 2 N–H and O–H groups in total. The molecular formula is H3BKNaO9S. The second kappa shape index (κ2) is 14.4. The molecular weight excluding hydrogens is 249 g/mol. The maximum atomic E-state index is 8.97. The van der Waals surface area contributed by atoms with Crippen LogP contribution in [0.2, 0.25) is 0 Å². The minimum atomic E-state index is -4.86. The Kier molecular flexibility index (Phi) is 27.1. The zero-order valence-electron chi connectivity index (χ0n) is 7.74. The Balaban J connectivity index is -0.0000000321. The Labute approximate surface area is 140 Å². The molecule has 0 bridgehead atoms. The van der Waals surface area contributed by atoms with Crippen molar-refractivity contribution >= 4 is 17.7 Å². The van der Waals surface area contributed by atoms with E-state index in [4.69, 9.17) is 33.5 Å². The van der Waals surface area contributed by atoms with Gasteiger partial charge in [0.25, 0.3) is 0 Å². The van der Waals surface area contributed by atoms with Crippen LogP contribution in [0.4, 0.5) is 0 Å². The van der Waals surface area contributed by atoms with E-state index >= 15 is 0 Å². The molecule has 68 valence electrons. The summed E-state index contributed by atoms with van der Waals surface area (Å²) in [6.07, 6.45) is 0. The summed E-state index contributed by atoms with van der Waals surface area (Å²) in [7, 11) is -7.42. The molecule has 0 aliphatic heterocycles. The predicted octanol–water partition coefficient (Wildman–Crippen LogP) is -9.76. The van der Waals surface area contributed by atoms with Gasteiger partial charge in [-0.3, -0.25) is 5.26 Å². The standard InChI is InChI=1S/BHO4.K.Na.H2O5S/c2-1(3)5-4;;;1-5-6(2,3)4/h4H;;;1H,(H,2,3,4)/q-2;2*+1;. The molecule has 0 saturated carbocycles. The average Bonchev–Trinajstić information content (AvgIpc) is 1.88. The molecule has 0 unspecified atom stereocenters. The van der Waals surface area contributed by atoms with Crippen LogP contribution in [0.3, 0.4) is 0 Å². The first-order valence-corrected chi connectivity index (χ1v) is 3.07. The van der Waals surface area contributed by atoms with Gasteiger partial charge in [-0.2, -0.15) is 0 Å². The quantitative estimate of drug-likeness (QED) is 0.159. The second-order valence-electron chi connectivity index (χ2n) is 0.877. The van der Waals surface area contributed by atoms with Gasteiger partial charge in [0.15, 0.2) is 0 Å². The third-order valence-corrected chi connectivity index (χ3v) is 0.360. The first-order valence-electron chi connectivity index (χ1n) is 1.74. The summed E-state index contributed by atoms with van der Waals surface area (Å²) in [5.41, 5.74) is 0. The molecule has 0 heterocycles. The molecule has 0 saturated heterocycles. The Morgan fingerprint density at radius 1 is 1.31 bits per heavy atom. The summed E-state index contributed by atoms with van der Waals surface area (Å²) < 4.78 is 29.3. The molecule has 0 aromatic rings. The summed E-state index contributed by atoms with van der Waals surface area (Å²) in [6, 6.07) is 0. The molecule has 0 amide bonds. The summed E-state index contributed by atoms with van der Waals surface area (Å²) in [6.45, 7) is 0. The Morgan fingerprint density at radius 2 is 1.46 bits per heavy atom. The van der Waals surface area contributed by atoms with Crippen molar-refractivity contribution in [2.75, 3.05) is 0 Å². The molecule has 13 heavy (non-hydrogen) atoms. The van der Waals surface area contributed by atoms with Gasteiger partial charge in [0.1, 0.15) is 7.32 Å². The topological polar surface area (TPSA) is 162 Å². The SMILES string of the molecule is O=S(=O)([O-])OO.[H+].[K+].[Na+].[O-]B([O-])OO. The molecule has 0 fully saturated rings. The summed E-state index contributed by atoms with van der Waals surface area (Å²) >= 11 is 0. The van der Waals surface area contributed by atoms with E-state index < -0.39 is 17.7 Å². The van der Waals surface area contributed by atoms with Gasteiger partial charge < -0.3 is 19.4 Å². The van der Waals surface area contributed by atoms with Crippen LogP contribution in [-0.2, 0) is 19.5 Å². The van der Waals surface area contributed by atoms with Crippen LogP contribution in [-0.4, -0.2) is 30.8 Å². The normalized spacial score (nSPS) is 8.38. The van der Waals surface area contributed by atoms with Crippen LogP contribution in [0.1, 0.15) is 1.43 Å². The van der Waals surface area contributed by atoms with Crippen LogP contribution in [0.5, 0.6) is 0 Å². The molecule has 0 aliphatic carbocycles. The van der Waals surface area contributed by atoms with E-state index in [1.165, 1.54) is 0 Å². The van der Waals surface area contributed by atoms with Crippen molar-refractivity contribution in [1.29, 1.82) is 0 Å². The molecule has 0 aromatic carbocycles. The zero-order valence-corrected chi connectivity index (χ0v) is 12.7. The van der Waals surface area contributed by atoms with Crippen molar-refractivity contribution in [2.45, 2.75) is 0 Å². The monoisotopic (exact) mass is 252 g/mol. The van der Waals surface area contributed by atoms with Crippen LogP contribution >= 0.6 is 0 Å². The van der Waals surface area contributed by atoms with Crippen LogP contribution < -0.4 is 91.0 Å². The number of hydrogen-bond donors (Lipinski definition) is 2. The van der Waals surface area contributed by atoms with Crippen molar-refractivity contribution < 1.29 is 125 Å². The molecule has 0 spiro atoms. The third kappa shape index (κ3) is 40.5. The van der Waals surface area contributed by atoms with E-state index in [0.29, 0.717) is 0 Å². The van der Waals surface area contributed by atoms with Crippen molar-refractivity contribution in [3.8, 4) is 0 Å². The molecule has 0 radical (unpaired) electrons. The minimum Gasteiger partial charge on any atom is -0.868 e. The molecule has 13 heteroatoms. The fourth-order valence-electron chi connectivity index (χ4n) is 0. The third-order valence-electron chi connectivity index (χ3n) is 0.177. The fourth-order valence-corrected chi connectivity index (χ4v) is 0. The minimum absolute atomic E-state index is 0. The smallest absolute Gasteiger partial charge is 0.868 e. The largest absolute Gasteiger partial charge is 1.00 e. The van der Waals surface area contributed by atoms with Crippen molar-refractivity contribution in [3.05, 3.63) is 0 Å². The molecule has 0 aromatic heterocycles. The first-order chi connectivity index (χ1) is 4.83. The van der Waals surface area contributed by atoms with E-state index in [9.17, 15) is 0 Å². The van der Waals surface area contributed by atoms with Crippen LogP contribution in [0.15, 0.2) is 0 Å². The van der Waals surface area contributed by atoms with Crippen molar-refractivity contribution in [1.82, 2.24) is 0 Å². The van der Waals surface area contributed by atoms with Crippen molar-refractivity contribution in [2.24, 2.45) is 0 Å². The summed E-state index contributed by atoms with van der Waals surface area (Å²) in [5.74, 6) is 0. The van der Waals surface area contributed by atoms with E-state index in [-0.39, 0.29) is 82.4 Å². The molecule has 0 atom stereocenters. The number of rotatable bonds is 2. The van der Waals surface area contributed by atoms with Gasteiger partial charge in [-0.25, -0.2) is 13.7 Å². The average molecular weight is 252 g/mol. The summed E-state index contributed by atoms with van der Waals surface area (Å²) in [5, 5.41) is 31.8. The van der Waals surface area contributed by atoms with E-state index in [1.807, 2.05) is 0 Å². The second-order valence-corrected chi connectivity index (χ2v) is 1.84. The predicted molar refractivity (Wildman–Crippen MR) is 24.0 cm³/mol. The van der Waals surface area contributed by atoms with Gasteiger partial charge in [-0.15, -0.1) is 4.33 Å². The maximum absolute atomic E-state index is 8.97. The molecule has 0 rings (SSSR count). The van der Waals surface area contributed by atoms with Gasteiger partial charge >= 0.3 is 82.4 Å².